The number of esters is 1. The molecule has 2 aromatic rings. The fourth-order valence-electron chi connectivity index (χ4n) is 2.06. The lowest BCUT2D eigenvalue weighted by Gasteiger charge is -2.16. The van der Waals surface area contributed by atoms with Gasteiger partial charge in [0.15, 0.2) is 12.4 Å². The minimum Gasteiger partial charge on any atom is -0.459 e. The molecule has 1 aromatic carbocycles. The highest BCUT2D eigenvalue weighted by molar-refractivity contribution is 8.00. The Kier molecular flexibility index (Phi) is 4.85. The van der Waals surface area contributed by atoms with Crippen LogP contribution in [0.25, 0.3) is 0 Å². The monoisotopic (exact) mass is 360 g/mol. The van der Waals surface area contributed by atoms with Crippen LogP contribution >= 0.6 is 11.8 Å². The summed E-state index contributed by atoms with van der Waals surface area (Å²) in [5, 5.41) is 4.70. The highest BCUT2D eigenvalue weighted by Gasteiger charge is 2.19. The third kappa shape index (κ3) is 4.07. The number of furan rings is 1. The van der Waals surface area contributed by atoms with Crippen LogP contribution in [0.3, 0.4) is 0 Å². The second kappa shape index (κ2) is 7.22. The van der Waals surface area contributed by atoms with Crippen LogP contribution in [0.15, 0.2) is 45.9 Å². The average Bonchev–Trinajstić information content (AvgIpc) is 3.13. The molecule has 2 heterocycles. The normalized spacial score (nSPS) is 12.7. The van der Waals surface area contributed by atoms with Crippen LogP contribution in [0, 0.1) is 0 Å². The number of carbonyl (C=O) groups excluding carboxylic acids is 4. The Balaban J connectivity index is 1.55. The minimum absolute atomic E-state index is 0.0254. The molecule has 8 nitrogen and oxygen atoms in total. The number of benzene rings is 1. The molecule has 0 atom stereocenters. The van der Waals surface area contributed by atoms with Crippen molar-refractivity contribution in [2.24, 2.45) is 0 Å². The zero-order valence-electron chi connectivity index (χ0n) is 12.7. The number of ether oxygens (including phenoxy) is 1. The first-order valence-corrected chi connectivity index (χ1v) is 8.13. The van der Waals surface area contributed by atoms with Crippen LogP contribution in [0.4, 0.5) is 5.69 Å². The van der Waals surface area contributed by atoms with Crippen molar-refractivity contribution in [1.29, 1.82) is 0 Å². The van der Waals surface area contributed by atoms with Gasteiger partial charge in [-0.2, -0.15) is 0 Å². The maximum atomic E-state index is 12.0. The van der Waals surface area contributed by atoms with E-state index in [-0.39, 0.29) is 17.2 Å². The zero-order valence-corrected chi connectivity index (χ0v) is 13.6. The van der Waals surface area contributed by atoms with Gasteiger partial charge in [0.25, 0.3) is 11.8 Å². The van der Waals surface area contributed by atoms with Crippen molar-refractivity contribution in [2.45, 2.75) is 4.90 Å². The number of anilines is 1. The van der Waals surface area contributed by atoms with Crippen LogP contribution in [0.5, 0.6) is 0 Å². The van der Waals surface area contributed by atoms with Gasteiger partial charge in [-0.3, -0.25) is 19.7 Å². The third-order valence-electron chi connectivity index (χ3n) is 3.18. The molecular weight excluding hydrogens is 348 g/mol. The molecule has 2 N–H and O–H groups in total. The molecule has 0 aliphatic carbocycles. The van der Waals surface area contributed by atoms with E-state index in [1.54, 1.807) is 6.07 Å². The molecule has 9 heteroatoms. The highest BCUT2D eigenvalue weighted by Crippen LogP contribution is 2.32. The molecule has 0 bridgehead atoms. The summed E-state index contributed by atoms with van der Waals surface area (Å²) in [6, 6.07) is 7.61. The van der Waals surface area contributed by atoms with E-state index in [1.165, 1.54) is 42.3 Å². The van der Waals surface area contributed by atoms with E-state index in [0.29, 0.717) is 11.4 Å². The van der Waals surface area contributed by atoms with Crippen molar-refractivity contribution >= 4 is 41.1 Å². The van der Waals surface area contributed by atoms with Crippen molar-refractivity contribution in [3.8, 4) is 0 Å². The average molecular weight is 360 g/mol. The Morgan fingerprint density at radius 3 is 2.88 bits per heavy atom. The van der Waals surface area contributed by atoms with Crippen molar-refractivity contribution < 1.29 is 28.3 Å². The number of amides is 3. The second-order valence-corrected chi connectivity index (χ2v) is 6.00. The van der Waals surface area contributed by atoms with Gasteiger partial charge >= 0.3 is 5.97 Å². The molecule has 0 fully saturated rings. The third-order valence-corrected chi connectivity index (χ3v) is 4.25. The summed E-state index contributed by atoms with van der Waals surface area (Å²) in [6.07, 6.45) is 1.30. The van der Waals surface area contributed by atoms with E-state index >= 15 is 0 Å². The molecule has 0 radical (unpaired) electrons. The summed E-state index contributed by atoms with van der Waals surface area (Å²) >= 11 is 1.37. The van der Waals surface area contributed by atoms with Gasteiger partial charge in [-0.05, 0) is 30.3 Å². The highest BCUT2D eigenvalue weighted by atomic mass is 32.2. The Morgan fingerprint density at radius 1 is 1.28 bits per heavy atom. The van der Waals surface area contributed by atoms with E-state index in [4.69, 9.17) is 9.15 Å². The van der Waals surface area contributed by atoms with E-state index in [9.17, 15) is 19.2 Å². The molecule has 0 unspecified atom stereocenters. The van der Waals surface area contributed by atoms with Crippen molar-refractivity contribution in [1.82, 2.24) is 5.32 Å². The summed E-state index contributed by atoms with van der Waals surface area (Å²) in [6.45, 7) is -0.622. The summed E-state index contributed by atoms with van der Waals surface area (Å²) in [4.78, 5) is 47.5. The predicted molar refractivity (Wildman–Crippen MR) is 87.3 cm³/mol. The molecule has 25 heavy (non-hydrogen) atoms. The summed E-state index contributed by atoms with van der Waals surface area (Å²) < 4.78 is 9.72. The zero-order chi connectivity index (χ0) is 17.8. The van der Waals surface area contributed by atoms with Crippen molar-refractivity contribution in [3.05, 3.63) is 47.9 Å². The molecular formula is C16H12N2O6S. The van der Waals surface area contributed by atoms with Gasteiger partial charge in [-0.15, -0.1) is 11.8 Å². The van der Waals surface area contributed by atoms with Crippen molar-refractivity contribution in [2.75, 3.05) is 17.7 Å². The number of carbonyl (C=O) groups is 4. The number of thioether (sulfide) groups is 1. The molecule has 0 saturated carbocycles. The van der Waals surface area contributed by atoms with Crippen LogP contribution in [0.1, 0.15) is 20.9 Å². The predicted octanol–water partition coefficient (Wildman–Crippen LogP) is 1.44. The molecule has 1 aliphatic heterocycles. The maximum Gasteiger partial charge on any atom is 0.338 e. The Morgan fingerprint density at radius 2 is 2.12 bits per heavy atom. The molecule has 128 valence electrons. The topological polar surface area (TPSA) is 115 Å². The molecule has 3 amide bonds. The lowest BCUT2D eigenvalue weighted by Crippen LogP contribution is -2.34. The van der Waals surface area contributed by atoms with Crippen LogP contribution in [0.2, 0.25) is 0 Å². The van der Waals surface area contributed by atoms with Gasteiger partial charge < -0.3 is 14.5 Å². The van der Waals surface area contributed by atoms with Gasteiger partial charge in [0.2, 0.25) is 5.91 Å². The first-order chi connectivity index (χ1) is 12.0. The summed E-state index contributed by atoms with van der Waals surface area (Å²) in [5.74, 6) is -2.11. The number of hydrogen-bond acceptors (Lipinski definition) is 7. The molecule has 1 aromatic heterocycles. The Labute approximate surface area is 145 Å². The standard InChI is InChI=1S/C16H12N2O6S/c19-13(18-15(21)11-2-1-5-23-11)7-24-16(22)9-3-4-12-10(6-9)17-14(20)8-25-12/h1-6H,7-8H2,(H,17,20)(H,18,19,21). The maximum absolute atomic E-state index is 12.0. The number of hydrogen-bond donors (Lipinski definition) is 2. The van der Waals surface area contributed by atoms with Crippen LogP contribution < -0.4 is 10.6 Å². The number of nitrogens with one attached hydrogen (secondary N) is 2. The van der Waals surface area contributed by atoms with Gasteiger partial charge in [-0.25, -0.2) is 4.79 Å². The van der Waals surface area contributed by atoms with Gasteiger partial charge in [0.1, 0.15) is 0 Å². The lowest BCUT2D eigenvalue weighted by atomic mass is 10.2. The Bertz CT molecular complexity index is 846. The number of imide groups is 1. The molecule has 0 spiro atoms. The summed E-state index contributed by atoms with van der Waals surface area (Å²) in [7, 11) is 0. The summed E-state index contributed by atoms with van der Waals surface area (Å²) in [5.41, 5.74) is 0.708. The van der Waals surface area contributed by atoms with Gasteiger partial charge in [-0.1, -0.05) is 0 Å². The second-order valence-electron chi connectivity index (χ2n) is 4.98. The van der Waals surface area contributed by atoms with Gasteiger partial charge in [0, 0.05) is 4.90 Å². The van der Waals surface area contributed by atoms with E-state index in [0.717, 1.165) is 4.90 Å². The SMILES string of the molecule is O=C(COC(=O)c1ccc2c(c1)NC(=O)CS2)NC(=O)c1ccco1. The van der Waals surface area contributed by atoms with Crippen LogP contribution in [-0.4, -0.2) is 36.1 Å². The quantitative estimate of drug-likeness (QED) is 0.793. The Hall–Kier alpha value is -3.07. The van der Waals surface area contributed by atoms with Gasteiger partial charge in [0.05, 0.1) is 23.3 Å². The first-order valence-electron chi connectivity index (χ1n) is 7.14. The largest absolute Gasteiger partial charge is 0.459 e. The smallest absolute Gasteiger partial charge is 0.338 e. The first kappa shape index (κ1) is 16.8. The van der Waals surface area contributed by atoms with Crippen LogP contribution in [-0.2, 0) is 14.3 Å². The van der Waals surface area contributed by atoms with E-state index in [2.05, 4.69) is 5.32 Å². The number of fused-ring (bicyclic) bond motifs is 1. The number of rotatable bonds is 4. The van der Waals surface area contributed by atoms with E-state index < -0.39 is 24.4 Å². The fourth-order valence-corrected chi connectivity index (χ4v) is 2.85. The fraction of sp³-hybridized carbons (Fsp3) is 0.125. The minimum atomic E-state index is -0.781. The molecule has 3 rings (SSSR count). The molecule has 0 saturated heterocycles. The van der Waals surface area contributed by atoms with E-state index in [1.807, 2.05) is 5.32 Å². The molecule has 1 aliphatic rings. The van der Waals surface area contributed by atoms with Crippen molar-refractivity contribution in [3.63, 3.8) is 0 Å². The lowest BCUT2D eigenvalue weighted by molar-refractivity contribution is -0.123.